The Labute approximate surface area is 182 Å². The topological polar surface area (TPSA) is 41.6 Å². The number of ether oxygens (including phenoxy) is 1. The van der Waals surface area contributed by atoms with Gasteiger partial charge in [-0.2, -0.15) is 0 Å². The summed E-state index contributed by atoms with van der Waals surface area (Å²) in [7, 11) is 0. The van der Waals surface area contributed by atoms with Crippen LogP contribution < -0.4 is 10.1 Å². The third kappa shape index (κ3) is 6.58. The van der Waals surface area contributed by atoms with Crippen molar-refractivity contribution in [3.8, 4) is 5.75 Å². The van der Waals surface area contributed by atoms with E-state index in [1.165, 1.54) is 11.1 Å². The number of piperidine rings is 1. The highest BCUT2D eigenvalue weighted by Crippen LogP contribution is 2.25. The normalized spacial score (nSPS) is 15.4. The van der Waals surface area contributed by atoms with Crippen LogP contribution in [-0.4, -0.2) is 37.0 Å². The molecule has 1 heterocycles. The van der Waals surface area contributed by atoms with E-state index in [4.69, 9.17) is 4.74 Å². The zero-order valence-corrected chi connectivity index (χ0v) is 19.0. The Morgan fingerprint density at radius 3 is 2.52 bits per heavy atom. The van der Waals surface area contributed by atoms with Crippen LogP contribution in [0, 0.1) is 5.92 Å². The number of halogens is 1. The molecule has 1 N–H and O–H groups in total. The summed E-state index contributed by atoms with van der Waals surface area (Å²) < 4.78 is 7.01. The summed E-state index contributed by atoms with van der Waals surface area (Å²) in [4.78, 5) is 14.9. The van der Waals surface area contributed by atoms with Crippen LogP contribution in [0.5, 0.6) is 5.75 Å². The molecule has 1 fully saturated rings. The molecule has 2 aromatic carbocycles. The molecule has 0 aromatic heterocycles. The number of nitrogens with one attached hydrogen (secondary N) is 1. The lowest BCUT2D eigenvalue weighted by Crippen LogP contribution is -2.41. The number of hydrogen-bond acceptors (Lipinski definition) is 3. The molecule has 156 valence electrons. The largest absolute Gasteiger partial charge is 0.491 e. The van der Waals surface area contributed by atoms with Gasteiger partial charge in [-0.1, -0.05) is 60.1 Å². The zero-order valence-electron chi connectivity index (χ0n) is 17.4. The Kier molecular flexibility index (Phi) is 8.13. The van der Waals surface area contributed by atoms with E-state index < -0.39 is 0 Å². The SMILES string of the molecule is CC(C)c1ccccc1OCCNC(=O)C1CCN(Cc2ccc(Br)cc2)CC1. The van der Waals surface area contributed by atoms with Gasteiger partial charge >= 0.3 is 0 Å². The van der Waals surface area contributed by atoms with Crippen LogP contribution in [0.15, 0.2) is 53.0 Å². The van der Waals surface area contributed by atoms with Crippen LogP contribution in [0.2, 0.25) is 0 Å². The van der Waals surface area contributed by atoms with E-state index in [1.807, 2.05) is 18.2 Å². The van der Waals surface area contributed by atoms with Gasteiger partial charge < -0.3 is 10.1 Å². The van der Waals surface area contributed by atoms with Gasteiger partial charge in [0.05, 0.1) is 6.54 Å². The van der Waals surface area contributed by atoms with Crippen molar-refractivity contribution in [1.29, 1.82) is 0 Å². The molecule has 4 nitrogen and oxygen atoms in total. The fourth-order valence-electron chi connectivity index (χ4n) is 3.77. The molecule has 0 spiro atoms. The van der Waals surface area contributed by atoms with Crippen molar-refractivity contribution in [3.63, 3.8) is 0 Å². The van der Waals surface area contributed by atoms with Gasteiger partial charge in [0.25, 0.3) is 0 Å². The number of carbonyl (C=O) groups is 1. The number of likely N-dealkylation sites (tertiary alicyclic amines) is 1. The van der Waals surface area contributed by atoms with E-state index in [9.17, 15) is 4.79 Å². The number of hydrogen-bond donors (Lipinski definition) is 1. The second kappa shape index (κ2) is 10.8. The standard InChI is InChI=1S/C24H31BrN2O2/c1-18(2)22-5-3-4-6-23(22)29-16-13-26-24(28)20-11-14-27(15-12-20)17-19-7-9-21(25)10-8-19/h3-10,18,20H,11-17H2,1-2H3,(H,26,28). The molecular formula is C24H31BrN2O2. The first kappa shape index (κ1) is 21.8. The van der Waals surface area contributed by atoms with Gasteiger partial charge in [0.15, 0.2) is 0 Å². The van der Waals surface area contributed by atoms with Gasteiger partial charge in [-0.05, 0) is 61.2 Å². The second-order valence-corrected chi connectivity index (χ2v) is 8.92. The van der Waals surface area contributed by atoms with Crippen LogP contribution in [0.25, 0.3) is 0 Å². The molecular weight excluding hydrogens is 428 g/mol. The molecule has 0 saturated carbocycles. The van der Waals surface area contributed by atoms with Crippen molar-refractivity contribution in [1.82, 2.24) is 10.2 Å². The molecule has 0 atom stereocenters. The van der Waals surface area contributed by atoms with Gasteiger partial charge in [0.2, 0.25) is 5.91 Å². The van der Waals surface area contributed by atoms with E-state index in [0.29, 0.717) is 19.1 Å². The summed E-state index contributed by atoms with van der Waals surface area (Å²) in [5, 5.41) is 3.05. The zero-order chi connectivity index (χ0) is 20.6. The number of rotatable bonds is 8. The average Bonchev–Trinajstić information content (AvgIpc) is 2.73. The molecule has 0 unspecified atom stereocenters. The van der Waals surface area contributed by atoms with E-state index in [1.54, 1.807) is 0 Å². The van der Waals surface area contributed by atoms with Gasteiger partial charge in [-0.3, -0.25) is 9.69 Å². The number of carbonyl (C=O) groups excluding carboxylic acids is 1. The molecule has 1 amide bonds. The Balaban J connectivity index is 1.36. The molecule has 0 radical (unpaired) electrons. The van der Waals surface area contributed by atoms with E-state index in [-0.39, 0.29) is 11.8 Å². The average molecular weight is 459 g/mol. The van der Waals surface area contributed by atoms with Gasteiger partial charge in [-0.25, -0.2) is 0 Å². The Morgan fingerprint density at radius 1 is 1.14 bits per heavy atom. The summed E-state index contributed by atoms with van der Waals surface area (Å²) >= 11 is 3.48. The minimum atomic E-state index is 0.110. The summed E-state index contributed by atoms with van der Waals surface area (Å²) in [5.74, 6) is 1.61. The number of amides is 1. The van der Waals surface area contributed by atoms with Crippen LogP contribution in [-0.2, 0) is 11.3 Å². The number of para-hydroxylation sites is 1. The minimum Gasteiger partial charge on any atom is -0.491 e. The highest BCUT2D eigenvalue weighted by atomic mass is 79.9. The predicted molar refractivity (Wildman–Crippen MR) is 121 cm³/mol. The second-order valence-electron chi connectivity index (χ2n) is 8.01. The van der Waals surface area contributed by atoms with Crippen LogP contribution in [0.1, 0.15) is 43.7 Å². The van der Waals surface area contributed by atoms with Crippen LogP contribution >= 0.6 is 15.9 Å². The molecule has 2 aromatic rings. The van der Waals surface area contributed by atoms with Crippen molar-refractivity contribution >= 4 is 21.8 Å². The van der Waals surface area contributed by atoms with Crippen molar-refractivity contribution in [3.05, 3.63) is 64.1 Å². The molecule has 1 aliphatic heterocycles. The van der Waals surface area contributed by atoms with Gasteiger partial charge in [0, 0.05) is 16.9 Å². The van der Waals surface area contributed by atoms with E-state index in [2.05, 4.69) is 70.3 Å². The highest BCUT2D eigenvalue weighted by Gasteiger charge is 2.24. The molecule has 1 aliphatic rings. The Bertz CT molecular complexity index is 784. The fraction of sp³-hybridized carbons (Fsp3) is 0.458. The molecule has 0 bridgehead atoms. The smallest absolute Gasteiger partial charge is 0.223 e. The maximum Gasteiger partial charge on any atom is 0.223 e. The van der Waals surface area contributed by atoms with Gasteiger partial charge in [0.1, 0.15) is 12.4 Å². The summed E-state index contributed by atoms with van der Waals surface area (Å²) in [6.45, 7) is 8.24. The first-order valence-electron chi connectivity index (χ1n) is 10.5. The molecule has 0 aliphatic carbocycles. The molecule has 29 heavy (non-hydrogen) atoms. The lowest BCUT2D eigenvalue weighted by molar-refractivity contribution is -0.126. The molecule has 3 rings (SSSR count). The van der Waals surface area contributed by atoms with Crippen molar-refractivity contribution in [2.24, 2.45) is 5.92 Å². The van der Waals surface area contributed by atoms with Crippen LogP contribution in [0.3, 0.4) is 0 Å². The third-order valence-corrected chi connectivity index (χ3v) is 6.01. The quantitative estimate of drug-likeness (QED) is 0.567. The van der Waals surface area contributed by atoms with Crippen molar-refractivity contribution in [2.75, 3.05) is 26.2 Å². The maximum absolute atomic E-state index is 12.5. The first-order valence-corrected chi connectivity index (χ1v) is 11.3. The Morgan fingerprint density at radius 2 is 1.83 bits per heavy atom. The van der Waals surface area contributed by atoms with E-state index >= 15 is 0 Å². The third-order valence-electron chi connectivity index (χ3n) is 5.48. The molecule has 5 heteroatoms. The van der Waals surface area contributed by atoms with Gasteiger partial charge in [-0.15, -0.1) is 0 Å². The highest BCUT2D eigenvalue weighted by molar-refractivity contribution is 9.10. The first-order chi connectivity index (χ1) is 14.0. The fourth-order valence-corrected chi connectivity index (χ4v) is 4.03. The lowest BCUT2D eigenvalue weighted by atomic mass is 9.95. The summed E-state index contributed by atoms with van der Waals surface area (Å²) in [6.07, 6.45) is 1.83. The minimum absolute atomic E-state index is 0.110. The van der Waals surface area contributed by atoms with Crippen molar-refractivity contribution < 1.29 is 9.53 Å². The predicted octanol–water partition coefficient (Wildman–Crippen LogP) is 4.98. The number of benzene rings is 2. The van der Waals surface area contributed by atoms with E-state index in [0.717, 1.165) is 42.7 Å². The lowest BCUT2D eigenvalue weighted by Gasteiger charge is -2.31. The maximum atomic E-state index is 12.5. The summed E-state index contributed by atoms with van der Waals surface area (Å²) in [6, 6.07) is 16.6. The molecule has 1 saturated heterocycles. The number of nitrogens with zero attached hydrogens (tertiary/aromatic N) is 1. The Hall–Kier alpha value is -1.85. The van der Waals surface area contributed by atoms with Crippen molar-refractivity contribution in [2.45, 2.75) is 39.2 Å². The monoisotopic (exact) mass is 458 g/mol. The van der Waals surface area contributed by atoms with Crippen LogP contribution in [0.4, 0.5) is 0 Å². The summed E-state index contributed by atoms with van der Waals surface area (Å²) in [5.41, 5.74) is 2.52.